The number of carbonyl (C=O) groups is 1. The van der Waals surface area contributed by atoms with Crippen molar-refractivity contribution in [2.45, 2.75) is 6.92 Å². The van der Waals surface area contributed by atoms with Gasteiger partial charge in [0.05, 0.1) is 5.69 Å². The van der Waals surface area contributed by atoms with E-state index in [1.54, 1.807) is 0 Å². The van der Waals surface area contributed by atoms with Crippen LogP contribution in [-0.4, -0.2) is 19.1 Å². The summed E-state index contributed by atoms with van der Waals surface area (Å²) in [4.78, 5) is 11.1. The smallest absolute Gasteiger partial charge is 0.221 e. The van der Waals surface area contributed by atoms with Crippen LogP contribution >= 0.6 is 0 Å². The van der Waals surface area contributed by atoms with Crippen molar-refractivity contribution >= 4 is 17.3 Å². The first kappa shape index (κ1) is 16.5. The highest BCUT2D eigenvalue weighted by Crippen LogP contribution is 2.25. The topological polar surface area (TPSA) is 73.6 Å². The van der Waals surface area contributed by atoms with Gasteiger partial charge in [-0.05, 0) is 24.3 Å². The quantitative estimate of drug-likeness (QED) is 0.633. The molecule has 0 unspecified atom stereocenters. The highest BCUT2D eigenvalue weighted by Gasteiger charge is 2.08. The molecule has 0 atom stereocenters. The van der Waals surface area contributed by atoms with Crippen molar-refractivity contribution in [1.29, 1.82) is 0 Å². The van der Waals surface area contributed by atoms with E-state index in [0.29, 0.717) is 11.4 Å². The fraction of sp³-hybridized carbons (Fsp3) is 0.188. The Bertz CT molecular complexity index is 708. The van der Waals surface area contributed by atoms with Gasteiger partial charge in [-0.15, -0.1) is 0 Å². The predicted octanol–water partition coefficient (Wildman–Crippen LogP) is 2.96. The molecular formula is C16H16F2N2O3. The summed E-state index contributed by atoms with van der Waals surface area (Å²) in [7, 11) is 0. The van der Waals surface area contributed by atoms with Gasteiger partial charge in [0.25, 0.3) is 0 Å². The summed E-state index contributed by atoms with van der Waals surface area (Å²) in [6, 6.07) is 7.83. The van der Waals surface area contributed by atoms with E-state index in [2.05, 4.69) is 5.32 Å². The summed E-state index contributed by atoms with van der Waals surface area (Å²) < 4.78 is 37.4. The van der Waals surface area contributed by atoms with E-state index in [9.17, 15) is 13.6 Å². The van der Waals surface area contributed by atoms with Crippen LogP contribution in [0.4, 0.5) is 20.2 Å². The first-order valence-corrected chi connectivity index (χ1v) is 6.83. The number of nitrogens with one attached hydrogen (secondary N) is 1. The first-order chi connectivity index (χ1) is 11.0. The molecule has 0 bridgehead atoms. The molecule has 5 nitrogen and oxygen atoms in total. The van der Waals surface area contributed by atoms with Crippen LogP contribution in [0.5, 0.6) is 11.5 Å². The summed E-state index contributed by atoms with van der Waals surface area (Å²) in [5.74, 6) is -1.17. The average Bonchev–Trinajstić information content (AvgIpc) is 2.47. The molecule has 0 aliphatic carbocycles. The van der Waals surface area contributed by atoms with Gasteiger partial charge in [-0.3, -0.25) is 4.79 Å². The second-order valence-electron chi connectivity index (χ2n) is 4.71. The van der Waals surface area contributed by atoms with E-state index in [0.717, 1.165) is 12.1 Å². The first-order valence-electron chi connectivity index (χ1n) is 6.83. The van der Waals surface area contributed by atoms with E-state index in [-0.39, 0.29) is 30.6 Å². The molecule has 3 N–H and O–H groups in total. The number of hydrogen-bond donors (Lipinski definition) is 2. The average molecular weight is 322 g/mol. The SMILES string of the molecule is CC(=O)Nc1ccc(F)cc1OCCOc1ccc(N)cc1F. The van der Waals surface area contributed by atoms with E-state index in [1.807, 2.05) is 0 Å². The number of rotatable bonds is 6. The lowest BCUT2D eigenvalue weighted by atomic mass is 10.3. The Morgan fingerprint density at radius 3 is 2.43 bits per heavy atom. The molecular weight excluding hydrogens is 306 g/mol. The highest BCUT2D eigenvalue weighted by atomic mass is 19.1. The molecule has 0 aliphatic rings. The maximum atomic E-state index is 13.5. The third kappa shape index (κ3) is 4.84. The summed E-state index contributed by atoms with van der Waals surface area (Å²) >= 11 is 0. The molecule has 1 amide bonds. The van der Waals surface area contributed by atoms with Crippen molar-refractivity contribution in [2.75, 3.05) is 24.3 Å². The van der Waals surface area contributed by atoms with Crippen molar-refractivity contribution < 1.29 is 23.0 Å². The Kier molecular flexibility index (Phi) is 5.35. The lowest BCUT2D eigenvalue weighted by Gasteiger charge is -2.13. The van der Waals surface area contributed by atoms with Gasteiger partial charge in [0.15, 0.2) is 11.6 Å². The summed E-state index contributed by atoms with van der Waals surface area (Å²) in [5.41, 5.74) is 6.08. The monoisotopic (exact) mass is 322 g/mol. The third-order valence-electron chi connectivity index (χ3n) is 2.81. The van der Waals surface area contributed by atoms with E-state index >= 15 is 0 Å². The Hall–Kier alpha value is -2.83. The van der Waals surface area contributed by atoms with E-state index in [4.69, 9.17) is 15.2 Å². The second kappa shape index (κ2) is 7.44. The summed E-state index contributed by atoms with van der Waals surface area (Å²) in [5, 5.41) is 2.53. The van der Waals surface area contributed by atoms with Crippen LogP contribution in [0.3, 0.4) is 0 Å². The van der Waals surface area contributed by atoms with E-state index in [1.165, 1.54) is 31.2 Å². The fourth-order valence-corrected chi connectivity index (χ4v) is 1.85. The minimum Gasteiger partial charge on any atom is -0.488 e. The predicted molar refractivity (Wildman–Crippen MR) is 82.5 cm³/mol. The molecule has 23 heavy (non-hydrogen) atoms. The number of nitrogen functional groups attached to an aromatic ring is 1. The van der Waals surface area contributed by atoms with Crippen molar-refractivity contribution in [3.8, 4) is 11.5 Å². The standard InChI is InChI=1S/C16H16F2N2O3/c1-10(21)20-14-4-2-11(17)8-16(14)23-7-6-22-15-5-3-12(19)9-13(15)18/h2-5,8-9H,6-7,19H2,1H3,(H,20,21). The van der Waals surface area contributed by atoms with Crippen molar-refractivity contribution in [2.24, 2.45) is 0 Å². The molecule has 0 spiro atoms. The van der Waals surface area contributed by atoms with Crippen LogP contribution in [0, 0.1) is 11.6 Å². The Morgan fingerprint density at radius 2 is 1.78 bits per heavy atom. The number of hydrogen-bond acceptors (Lipinski definition) is 4. The van der Waals surface area contributed by atoms with Gasteiger partial charge < -0.3 is 20.5 Å². The van der Waals surface area contributed by atoms with Crippen molar-refractivity contribution in [1.82, 2.24) is 0 Å². The zero-order chi connectivity index (χ0) is 16.8. The van der Waals surface area contributed by atoms with E-state index < -0.39 is 11.6 Å². The van der Waals surface area contributed by atoms with Gasteiger partial charge >= 0.3 is 0 Å². The number of nitrogens with two attached hydrogens (primary N) is 1. The summed E-state index contributed by atoms with van der Waals surface area (Å²) in [6.07, 6.45) is 0. The lowest BCUT2D eigenvalue weighted by molar-refractivity contribution is -0.114. The molecule has 0 heterocycles. The molecule has 0 saturated heterocycles. The normalized spacial score (nSPS) is 10.2. The van der Waals surface area contributed by atoms with Crippen LogP contribution in [0.2, 0.25) is 0 Å². The number of carbonyl (C=O) groups excluding carboxylic acids is 1. The number of amides is 1. The largest absolute Gasteiger partial charge is 0.488 e. The molecule has 2 rings (SSSR count). The zero-order valence-corrected chi connectivity index (χ0v) is 12.4. The van der Waals surface area contributed by atoms with Crippen LogP contribution in [0.1, 0.15) is 6.92 Å². The number of halogens is 2. The number of benzene rings is 2. The van der Waals surface area contributed by atoms with Gasteiger partial charge in [0.2, 0.25) is 5.91 Å². The van der Waals surface area contributed by atoms with Crippen molar-refractivity contribution in [3.05, 3.63) is 48.0 Å². The number of anilines is 2. The molecule has 0 radical (unpaired) electrons. The lowest BCUT2D eigenvalue weighted by Crippen LogP contribution is -2.12. The molecule has 2 aromatic rings. The van der Waals surface area contributed by atoms with Crippen LogP contribution in [0.15, 0.2) is 36.4 Å². The van der Waals surface area contributed by atoms with Crippen molar-refractivity contribution in [3.63, 3.8) is 0 Å². The fourth-order valence-electron chi connectivity index (χ4n) is 1.85. The second-order valence-corrected chi connectivity index (χ2v) is 4.71. The maximum Gasteiger partial charge on any atom is 0.221 e. The molecule has 0 aliphatic heterocycles. The van der Waals surface area contributed by atoms with Gasteiger partial charge in [-0.2, -0.15) is 0 Å². The summed E-state index contributed by atoms with van der Waals surface area (Å²) in [6.45, 7) is 1.41. The Labute approximate surface area is 132 Å². The van der Waals surface area contributed by atoms with Crippen LogP contribution in [0.25, 0.3) is 0 Å². The molecule has 2 aromatic carbocycles. The zero-order valence-electron chi connectivity index (χ0n) is 12.4. The van der Waals surface area contributed by atoms with Gasteiger partial charge in [-0.25, -0.2) is 8.78 Å². The van der Waals surface area contributed by atoms with Gasteiger partial charge in [-0.1, -0.05) is 0 Å². The molecule has 0 fully saturated rings. The van der Waals surface area contributed by atoms with Gasteiger partial charge in [0.1, 0.15) is 24.8 Å². The molecule has 7 heteroatoms. The third-order valence-corrected chi connectivity index (χ3v) is 2.81. The highest BCUT2D eigenvalue weighted by molar-refractivity contribution is 5.90. The molecule has 122 valence electrons. The minimum atomic E-state index is -0.574. The Balaban J connectivity index is 1.93. The van der Waals surface area contributed by atoms with Gasteiger partial charge in [0, 0.05) is 24.7 Å². The Morgan fingerprint density at radius 1 is 1.09 bits per heavy atom. The minimum absolute atomic E-state index is 0.0386. The molecule has 0 aromatic heterocycles. The number of ether oxygens (including phenoxy) is 2. The van der Waals surface area contributed by atoms with Crippen LogP contribution in [-0.2, 0) is 4.79 Å². The van der Waals surface area contributed by atoms with Crippen LogP contribution < -0.4 is 20.5 Å². The molecule has 0 saturated carbocycles. The maximum absolute atomic E-state index is 13.5.